The molecule has 0 aliphatic heterocycles. The highest BCUT2D eigenvalue weighted by Gasteiger charge is 2.27. The molecule has 2 rings (SSSR count). The van der Waals surface area contributed by atoms with Crippen LogP contribution >= 0.6 is 15.9 Å². The molecule has 1 atom stereocenters. The summed E-state index contributed by atoms with van der Waals surface area (Å²) in [6, 6.07) is 4.72. The lowest BCUT2D eigenvalue weighted by atomic mass is 9.75. The van der Waals surface area contributed by atoms with E-state index in [1.165, 1.54) is 66.1 Å². The Bertz CT molecular complexity index is 461. The highest BCUT2D eigenvalue weighted by molar-refractivity contribution is 9.10. The third-order valence-electron chi connectivity index (χ3n) is 5.27. The lowest BCUT2D eigenvalue weighted by Crippen LogP contribution is -2.26. The Morgan fingerprint density at radius 3 is 2.43 bits per heavy atom. The Balaban J connectivity index is 1.99. The molecule has 118 valence electrons. The van der Waals surface area contributed by atoms with Gasteiger partial charge < -0.3 is 5.73 Å². The summed E-state index contributed by atoms with van der Waals surface area (Å²) in [5, 5.41) is 0. The van der Waals surface area contributed by atoms with Gasteiger partial charge in [0.05, 0.1) is 0 Å². The zero-order chi connectivity index (χ0) is 15.4. The summed E-state index contributed by atoms with van der Waals surface area (Å²) >= 11 is 3.62. The molecule has 0 amide bonds. The smallest absolute Gasteiger partial charge is 0.0326 e. The topological polar surface area (TPSA) is 26.0 Å². The van der Waals surface area contributed by atoms with Crippen LogP contribution in [0.4, 0.5) is 0 Å². The molecule has 1 unspecified atom stereocenters. The first kappa shape index (κ1) is 17.0. The Labute approximate surface area is 138 Å². The van der Waals surface area contributed by atoms with Crippen LogP contribution in [0.3, 0.4) is 0 Å². The predicted molar refractivity (Wildman–Crippen MR) is 95.5 cm³/mol. The van der Waals surface area contributed by atoms with E-state index in [0.717, 1.165) is 5.92 Å². The average molecular weight is 352 g/mol. The zero-order valence-corrected chi connectivity index (χ0v) is 15.4. The molecule has 1 aromatic carbocycles. The third-order valence-corrected chi connectivity index (χ3v) is 6.13. The summed E-state index contributed by atoms with van der Waals surface area (Å²) < 4.78 is 1.19. The molecule has 1 aliphatic carbocycles. The van der Waals surface area contributed by atoms with E-state index in [0.29, 0.717) is 5.92 Å². The number of rotatable bonds is 5. The van der Waals surface area contributed by atoms with Gasteiger partial charge in [0.15, 0.2) is 0 Å². The molecule has 1 saturated carbocycles. The fraction of sp³-hybridized carbons (Fsp3) is 0.684. The molecule has 21 heavy (non-hydrogen) atoms. The van der Waals surface area contributed by atoms with Crippen molar-refractivity contribution in [3.8, 4) is 0 Å². The van der Waals surface area contributed by atoms with E-state index in [4.69, 9.17) is 5.73 Å². The van der Waals surface area contributed by atoms with Gasteiger partial charge in [-0.15, -0.1) is 0 Å². The summed E-state index contributed by atoms with van der Waals surface area (Å²) in [5.74, 6) is 1.63. The van der Waals surface area contributed by atoms with E-state index < -0.39 is 0 Å². The second-order valence-electron chi connectivity index (χ2n) is 6.91. The Morgan fingerprint density at radius 2 is 1.81 bits per heavy atom. The van der Waals surface area contributed by atoms with Gasteiger partial charge in [-0.25, -0.2) is 0 Å². The molecule has 0 bridgehead atoms. The lowest BCUT2D eigenvalue weighted by Gasteiger charge is -2.33. The van der Waals surface area contributed by atoms with Crippen LogP contribution in [-0.2, 0) is 0 Å². The average Bonchev–Trinajstić information content (AvgIpc) is 2.48. The summed E-state index contributed by atoms with van der Waals surface area (Å²) in [5.41, 5.74) is 10.6. The standard InChI is InChI=1S/C19H30BrN/c1-4-5-6-15-7-9-16(10-8-15)19(21)17-11-14(3)18(20)12-13(17)2/h11-12,15-16,19H,4-10,21H2,1-3H3. The summed E-state index contributed by atoms with van der Waals surface area (Å²) in [4.78, 5) is 0. The first-order valence-corrected chi connectivity index (χ1v) is 9.34. The second kappa shape index (κ2) is 7.78. The summed E-state index contributed by atoms with van der Waals surface area (Å²) in [6.07, 6.45) is 9.53. The van der Waals surface area contributed by atoms with Crippen LogP contribution in [0.2, 0.25) is 0 Å². The quantitative estimate of drug-likeness (QED) is 0.684. The first-order chi connectivity index (χ1) is 10.0. The minimum Gasteiger partial charge on any atom is -0.324 e. The highest BCUT2D eigenvalue weighted by atomic mass is 79.9. The van der Waals surface area contributed by atoms with E-state index >= 15 is 0 Å². The number of unbranched alkanes of at least 4 members (excludes halogenated alkanes) is 1. The van der Waals surface area contributed by atoms with Crippen molar-refractivity contribution in [2.24, 2.45) is 17.6 Å². The van der Waals surface area contributed by atoms with Gasteiger partial charge >= 0.3 is 0 Å². The van der Waals surface area contributed by atoms with Gasteiger partial charge in [0.2, 0.25) is 0 Å². The number of hydrogen-bond acceptors (Lipinski definition) is 1. The molecule has 2 N–H and O–H groups in total. The minimum atomic E-state index is 0.212. The van der Waals surface area contributed by atoms with Crippen LogP contribution in [0.5, 0.6) is 0 Å². The van der Waals surface area contributed by atoms with Gasteiger partial charge in [0.25, 0.3) is 0 Å². The van der Waals surface area contributed by atoms with E-state index in [9.17, 15) is 0 Å². The summed E-state index contributed by atoms with van der Waals surface area (Å²) in [6.45, 7) is 6.63. The summed E-state index contributed by atoms with van der Waals surface area (Å²) in [7, 11) is 0. The van der Waals surface area contributed by atoms with Crippen molar-refractivity contribution < 1.29 is 0 Å². The van der Waals surface area contributed by atoms with E-state index in [2.05, 4.69) is 48.8 Å². The van der Waals surface area contributed by atoms with Gasteiger partial charge in [-0.1, -0.05) is 61.0 Å². The van der Waals surface area contributed by atoms with E-state index in [-0.39, 0.29) is 6.04 Å². The van der Waals surface area contributed by atoms with E-state index in [1.807, 2.05) is 0 Å². The maximum Gasteiger partial charge on any atom is 0.0326 e. The van der Waals surface area contributed by atoms with Crippen molar-refractivity contribution in [2.45, 2.75) is 71.8 Å². The third kappa shape index (κ3) is 4.32. The van der Waals surface area contributed by atoms with Crippen LogP contribution in [0, 0.1) is 25.7 Å². The zero-order valence-electron chi connectivity index (χ0n) is 13.8. The molecular formula is C19H30BrN. The van der Waals surface area contributed by atoms with Crippen molar-refractivity contribution in [3.63, 3.8) is 0 Å². The molecule has 0 spiro atoms. The molecule has 1 nitrogen and oxygen atoms in total. The van der Waals surface area contributed by atoms with Gasteiger partial charge in [-0.05, 0) is 61.3 Å². The van der Waals surface area contributed by atoms with Crippen molar-refractivity contribution in [1.29, 1.82) is 0 Å². The van der Waals surface area contributed by atoms with Crippen molar-refractivity contribution in [1.82, 2.24) is 0 Å². The molecule has 1 aliphatic rings. The maximum absolute atomic E-state index is 6.62. The minimum absolute atomic E-state index is 0.212. The fourth-order valence-corrected chi connectivity index (χ4v) is 4.20. The molecule has 0 radical (unpaired) electrons. The van der Waals surface area contributed by atoms with Gasteiger partial charge in [0.1, 0.15) is 0 Å². The normalized spacial score (nSPS) is 24.0. The van der Waals surface area contributed by atoms with Gasteiger partial charge in [0, 0.05) is 10.5 Å². The highest BCUT2D eigenvalue weighted by Crippen LogP contribution is 2.39. The van der Waals surface area contributed by atoms with E-state index in [1.54, 1.807) is 0 Å². The SMILES string of the molecule is CCCCC1CCC(C(N)c2cc(C)c(Br)cc2C)CC1. The van der Waals surface area contributed by atoms with Crippen LogP contribution in [-0.4, -0.2) is 0 Å². The molecule has 0 saturated heterocycles. The molecule has 0 heterocycles. The van der Waals surface area contributed by atoms with Gasteiger partial charge in [-0.3, -0.25) is 0 Å². The number of nitrogens with two attached hydrogens (primary N) is 1. The Hall–Kier alpha value is -0.340. The van der Waals surface area contributed by atoms with Crippen molar-refractivity contribution in [3.05, 3.63) is 33.3 Å². The number of benzene rings is 1. The lowest BCUT2D eigenvalue weighted by molar-refractivity contribution is 0.232. The molecule has 2 heteroatoms. The molecule has 1 fully saturated rings. The Kier molecular flexibility index (Phi) is 6.31. The molecule has 1 aromatic rings. The number of hydrogen-bond donors (Lipinski definition) is 1. The molecular weight excluding hydrogens is 322 g/mol. The monoisotopic (exact) mass is 351 g/mol. The van der Waals surface area contributed by atoms with Gasteiger partial charge in [-0.2, -0.15) is 0 Å². The number of aryl methyl sites for hydroxylation is 2. The van der Waals surface area contributed by atoms with Crippen molar-refractivity contribution >= 4 is 15.9 Å². The van der Waals surface area contributed by atoms with Crippen LogP contribution in [0.1, 0.15) is 74.6 Å². The predicted octanol–water partition coefficient (Wildman–Crippen LogP) is 6.06. The molecule has 0 aromatic heterocycles. The van der Waals surface area contributed by atoms with Crippen LogP contribution in [0.25, 0.3) is 0 Å². The first-order valence-electron chi connectivity index (χ1n) is 8.55. The second-order valence-corrected chi connectivity index (χ2v) is 7.76. The Morgan fingerprint density at radius 1 is 1.14 bits per heavy atom. The largest absolute Gasteiger partial charge is 0.324 e. The van der Waals surface area contributed by atoms with Crippen molar-refractivity contribution in [2.75, 3.05) is 0 Å². The fourth-order valence-electron chi connectivity index (χ4n) is 3.75. The number of halogens is 1. The maximum atomic E-state index is 6.62. The van der Waals surface area contributed by atoms with Crippen LogP contribution < -0.4 is 5.73 Å². The van der Waals surface area contributed by atoms with Crippen LogP contribution in [0.15, 0.2) is 16.6 Å².